The van der Waals surface area contributed by atoms with Gasteiger partial charge in [-0.05, 0) is 356 Å². The van der Waals surface area contributed by atoms with Crippen molar-refractivity contribution in [1.82, 2.24) is 51.1 Å². The third kappa shape index (κ3) is 33.8. The first-order chi connectivity index (χ1) is 64.6. The largest absolute Gasteiger partial charge is 0.493 e. The number of methoxy groups -OCH3 is 1. The van der Waals surface area contributed by atoms with Crippen molar-refractivity contribution in [2.45, 2.75) is 277 Å². The molecule has 7 aliphatic rings. The number of hydrogen-bond acceptors (Lipinski definition) is 16. The maximum Gasteiger partial charge on any atom is 0.260 e. The second kappa shape index (κ2) is 55.5. The van der Waals surface area contributed by atoms with Crippen molar-refractivity contribution in [2.75, 3.05) is 126 Å². The number of benzene rings is 7. The smallest absolute Gasteiger partial charge is 0.260 e. The second-order valence-electron chi connectivity index (χ2n) is 39.2. The first kappa shape index (κ1) is 109. The number of hydrogen-bond donors (Lipinski definition) is 5. The molecule has 1 unspecified atom stereocenters. The maximum atomic E-state index is 12.8. The van der Waals surface area contributed by atoms with Gasteiger partial charge in [-0.1, -0.05) is 175 Å². The Morgan fingerprint density at radius 1 is 0.448 bits per heavy atom. The predicted octanol–water partition coefficient (Wildman–Crippen LogP) is 20.2. The van der Waals surface area contributed by atoms with E-state index in [4.69, 9.17) is 53.8 Å². The number of nitrogens with zero attached hydrogens (tertiary/aromatic N) is 5. The number of halogens is 3. The quantitative estimate of drug-likeness (QED) is 0.0243. The van der Waals surface area contributed by atoms with Crippen molar-refractivity contribution in [3.63, 3.8) is 0 Å². The summed E-state index contributed by atoms with van der Waals surface area (Å²) in [5.74, 6) is 3.10. The second-order valence-corrected chi connectivity index (χ2v) is 42.3. The monoisotopic (exact) mass is 1930 g/mol. The summed E-state index contributed by atoms with van der Waals surface area (Å²) in [7, 11) is 14.6. The predicted molar refractivity (Wildman–Crippen MR) is 556 cm³/mol. The molecule has 134 heavy (non-hydrogen) atoms. The van der Waals surface area contributed by atoms with Gasteiger partial charge in [0.2, 0.25) is 23.6 Å². The van der Waals surface area contributed by atoms with Gasteiger partial charge in [-0.2, -0.15) is 23.5 Å². The molecule has 5 amide bonds. The Hall–Kier alpha value is -7.22. The molecule has 0 spiro atoms. The van der Waals surface area contributed by atoms with Gasteiger partial charge in [0.1, 0.15) is 18.1 Å². The number of carbonyl (C=O) groups is 5. The number of likely N-dealkylation sites (N-methyl/N-ethyl adjacent to an activating group) is 3. The van der Waals surface area contributed by atoms with Crippen LogP contribution in [0.2, 0.25) is 15.1 Å². The molecule has 7 aromatic carbocycles. The first-order valence-corrected chi connectivity index (χ1v) is 53.3. The number of aryl methyl sites for hydroxylation is 2. The summed E-state index contributed by atoms with van der Waals surface area (Å²) in [6, 6.07) is 63.5. The van der Waals surface area contributed by atoms with Crippen LogP contribution in [0.1, 0.15) is 213 Å². The minimum absolute atomic E-state index is 0.00578. The first-order valence-electron chi connectivity index (χ1n) is 49.4. The Bertz CT molecular complexity index is 4620. The van der Waals surface area contributed by atoms with Crippen molar-refractivity contribution in [1.29, 1.82) is 0 Å². The van der Waals surface area contributed by atoms with Gasteiger partial charge in [0.05, 0.1) is 31.3 Å². The molecule has 0 radical (unpaired) electrons. The van der Waals surface area contributed by atoms with E-state index >= 15 is 0 Å². The fraction of sp³-hybridized carbons (Fsp3) is 0.573. The van der Waals surface area contributed by atoms with Gasteiger partial charge in [0.25, 0.3) is 5.91 Å². The standard InChI is InChI=1S/C28H38N2O2.C27H35ClN2O3.C19H30N2O2.2C18H27ClN2OS/c1-23(32-26-14-8-5-9-15-26)27(31)29-25-16-18-28(19-17-25,22-24-12-6-4-7-13-24)30-20-10-2-3-11-21-30;1-21-20-23(28)9-10-25(21)33-17-5-8-26(31)29-24-11-13-27(14-12-24,22-6-3-2-4-7-22)30-15-18-32-19-16-30;1-15-7-5-6-8-16(15)13-19(21(2)3)11-9-17(10-12-19)20-18(22)14-23-4;1-21(2)18(12-14-4-6-15(19)7-5-14)10-8-16(9-11-18)20-17(22)13-23-3;1-21(2)18(12-14-5-4-6-15(19)11-14)9-7-16(8-10-18)20-17(22)13-23-3/h4-9,12-15,23,25H,2-3,10-11,16-22H2,1H3,(H,29,31);2-4,6-7,9-10,20,24H,5,8,11-19H2,1H3,(H,29,31);5-8,17H,9-14H2,1-4H3,(H,20,22);4-7,16H,8-13H2,1-3H3,(H,20,22);4-6,11,16H,7-10,12-13H2,1-3H3,(H,20,22). The van der Waals surface area contributed by atoms with Crippen LogP contribution in [0.3, 0.4) is 0 Å². The molecule has 7 fully saturated rings. The summed E-state index contributed by atoms with van der Waals surface area (Å²) < 4.78 is 22.2. The van der Waals surface area contributed by atoms with Gasteiger partial charge in [-0.15, -0.1) is 0 Å². The van der Waals surface area contributed by atoms with Crippen LogP contribution in [0.15, 0.2) is 182 Å². The fourth-order valence-electron chi connectivity index (χ4n) is 21.4. The molecular formula is C110H157Cl3N10O9S2. The zero-order chi connectivity index (χ0) is 95.9. The Kier molecular flexibility index (Phi) is 45.1. The molecular weight excluding hydrogens is 1780 g/mol. The summed E-state index contributed by atoms with van der Waals surface area (Å²) in [5.41, 5.74) is 10.0. The molecule has 1 atom stereocenters. The third-order valence-corrected chi connectivity index (χ3v) is 31.4. The van der Waals surface area contributed by atoms with E-state index in [1.165, 1.54) is 72.2 Å². The van der Waals surface area contributed by atoms with E-state index in [1.807, 2.05) is 99.2 Å². The minimum Gasteiger partial charge on any atom is -0.493 e. The van der Waals surface area contributed by atoms with Crippen molar-refractivity contribution >= 4 is 87.9 Å². The lowest BCUT2D eigenvalue weighted by Crippen LogP contribution is -2.55. The summed E-state index contributed by atoms with van der Waals surface area (Å²) in [5, 5.41) is 18.3. The molecule has 14 rings (SSSR count). The molecule has 24 heteroatoms. The number of ether oxygens (including phenoxy) is 4. The Balaban J connectivity index is 0.000000175. The number of morpholine rings is 1. The summed E-state index contributed by atoms with van der Waals surface area (Å²) in [6.07, 6.45) is 35.5. The number of thioether (sulfide) groups is 2. The van der Waals surface area contributed by atoms with Crippen molar-refractivity contribution in [3.05, 3.63) is 236 Å². The SMILES string of the molecule is CC(Oc1ccccc1)C(=O)NC1CCC(Cc2ccccc2)(N2CCCCCC2)CC1.COCC(=O)NC1CCC(Cc2ccccc2C)(N(C)C)CC1.CSCC(=O)NC1CCC(Cc2ccc(Cl)cc2)(N(C)C)CC1.CSCC(=O)NC1CCC(Cc2cccc(Cl)c2)(N(C)C)CC1.Cc1cc(Cl)ccc1OCCCC(=O)NC1CCC(c2ccccc2)(N2CCOCC2)CC1. The molecule has 5 aliphatic carbocycles. The van der Waals surface area contributed by atoms with Crippen LogP contribution < -0.4 is 36.1 Å². The Morgan fingerprint density at radius 3 is 1.41 bits per heavy atom. The van der Waals surface area contributed by atoms with E-state index in [0.717, 1.165) is 208 Å². The molecule has 0 aromatic heterocycles. The number of likely N-dealkylation sites (tertiary alicyclic amines) is 1. The number of para-hydroxylation sites is 1. The van der Waals surface area contributed by atoms with E-state index < -0.39 is 6.10 Å². The van der Waals surface area contributed by atoms with Gasteiger partial charge >= 0.3 is 0 Å². The van der Waals surface area contributed by atoms with E-state index in [9.17, 15) is 24.0 Å². The number of amides is 5. The zero-order valence-corrected chi connectivity index (χ0v) is 86.3. The van der Waals surface area contributed by atoms with Crippen molar-refractivity contribution in [3.8, 4) is 11.5 Å². The highest BCUT2D eigenvalue weighted by atomic mass is 35.5. The molecule has 2 saturated heterocycles. The van der Waals surface area contributed by atoms with Crippen molar-refractivity contribution < 1.29 is 42.9 Å². The number of carbonyl (C=O) groups excluding carboxylic acids is 5. The van der Waals surface area contributed by atoms with E-state index in [-0.39, 0.29) is 82.0 Å². The zero-order valence-electron chi connectivity index (χ0n) is 82.4. The number of rotatable bonds is 33. The molecule has 7 aromatic rings. The normalized spacial score (nSPS) is 24.6. The van der Waals surface area contributed by atoms with Crippen LogP contribution in [0.4, 0.5) is 0 Å². The number of nitrogens with one attached hydrogen (secondary N) is 5. The summed E-state index contributed by atoms with van der Waals surface area (Å²) in [6.45, 7) is 12.6. The van der Waals surface area contributed by atoms with Crippen LogP contribution in [0.5, 0.6) is 11.5 Å². The average Bonchev–Trinajstić information content (AvgIpc) is 0.781. The highest BCUT2D eigenvalue weighted by molar-refractivity contribution is 7.99. The molecule has 2 heterocycles. The van der Waals surface area contributed by atoms with Gasteiger partial charge in [-0.3, -0.25) is 33.8 Å². The van der Waals surface area contributed by atoms with E-state index in [1.54, 1.807) is 30.6 Å². The van der Waals surface area contributed by atoms with Gasteiger partial charge < -0.3 is 60.2 Å². The molecule has 2 aliphatic heterocycles. The van der Waals surface area contributed by atoms with Crippen LogP contribution in [-0.4, -0.2) is 239 Å². The lowest BCUT2D eigenvalue weighted by atomic mass is 9.73. The molecule has 5 saturated carbocycles. The van der Waals surface area contributed by atoms with Crippen LogP contribution in [-0.2, 0) is 64.7 Å². The maximum absolute atomic E-state index is 12.8. The Labute approximate surface area is 827 Å². The fourth-order valence-corrected chi connectivity index (χ4v) is 22.6. The molecule has 19 nitrogen and oxygen atoms in total. The Morgan fingerprint density at radius 2 is 0.896 bits per heavy atom. The highest BCUT2D eigenvalue weighted by Gasteiger charge is 2.46. The summed E-state index contributed by atoms with van der Waals surface area (Å²) >= 11 is 21.3. The van der Waals surface area contributed by atoms with Gasteiger partial charge in [-0.25, -0.2) is 0 Å². The van der Waals surface area contributed by atoms with Crippen LogP contribution >= 0.6 is 58.3 Å². The third-order valence-electron chi connectivity index (χ3n) is 29.6. The van der Waals surface area contributed by atoms with E-state index in [2.05, 4.69) is 209 Å². The lowest BCUT2D eigenvalue weighted by Gasteiger charge is -2.50. The molecule has 734 valence electrons. The van der Waals surface area contributed by atoms with Gasteiger partial charge in [0.15, 0.2) is 6.10 Å². The topological polar surface area (TPSA) is 199 Å². The van der Waals surface area contributed by atoms with Gasteiger partial charge in [0, 0.05) is 99.6 Å². The molecule has 0 bridgehead atoms. The highest BCUT2D eigenvalue weighted by Crippen LogP contribution is 2.45. The van der Waals surface area contributed by atoms with E-state index in [0.29, 0.717) is 48.1 Å². The molecule has 5 N–H and O–H groups in total. The van der Waals surface area contributed by atoms with Crippen LogP contribution in [0, 0.1) is 13.8 Å². The summed E-state index contributed by atoms with van der Waals surface area (Å²) in [4.78, 5) is 73.1. The minimum atomic E-state index is -0.487. The average molecular weight is 1930 g/mol. The van der Waals surface area contributed by atoms with Crippen LogP contribution in [0.25, 0.3) is 0 Å². The van der Waals surface area contributed by atoms with Crippen molar-refractivity contribution in [2.24, 2.45) is 0 Å². The lowest BCUT2D eigenvalue weighted by molar-refractivity contribution is -0.128.